The Hall–Kier alpha value is -1.42. The number of pyridine rings is 1. The minimum atomic E-state index is -0.0435. The average Bonchev–Trinajstić information content (AvgIpc) is 2.39. The van der Waals surface area contributed by atoms with E-state index in [4.69, 9.17) is 0 Å². The maximum atomic E-state index is 12.1. The monoisotopic (exact) mass is 247 g/mol. The predicted molar refractivity (Wildman–Crippen MR) is 71.0 cm³/mol. The molecule has 1 fully saturated rings. The van der Waals surface area contributed by atoms with Crippen molar-refractivity contribution < 1.29 is 4.79 Å². The highest BCUT2D eigenvalue weighted by molar-refractivity contribution is 5.82. The summed E-state index contributed by atoms with van der Waals surface area (Å²) in [6.45, 7) is 5.13. The maximum absolute atomic E-state index is 12.1. The number of hydrogen-bond donors (Lipinski definition) is 2. The average molecular weight is 247 g/mol. The fraction of sp³-hybridized carbons (Fsp3) is 0.571. The van der Waals surface area contributed by atoms with Crippen LogP contribution in [-0.4, -0.2) is 23.5 Å². The smallest absolute Gasteiger partial charge is 0.237 e. The minimum absolute atomic E-state index is 0.0273. The second-order valence-corrected chi connectivity index (χ2v) is 5.15. The standard InChI is InChI=1S/C14H21N3O/c1-10-3-8-16-13(9-10)14(18)17-11(2)12-4-6-15-7-5-12/h4-7,10-11,13,16H,3,8-9H2,1-2H3,(H,17,18). The van der Waals surface area contributed by atoms with Gasteiger partial charge in [-0.2, -0.15) is 0 Å². The van der Waals surface area contributed by atoms with Gasteiger partial charge in [0.05, 0.1) is 12.1 Å². The highest BCUT2D eigenvalue weighted by Gasteiger charge is 2.25. The fourth-order valence-electron chi connectivity index (χ4n) is 2.36. The van der Waals surface area contributed by atoms with E-state index in [0.717, 1.165) is 24.9 Å². The van der Waals surface area contributed by atoms with Gasteiger partial charge in [0.25, 0.3) is 0 Å². The Morgan fingerprint density at radius 3 is 2.89 bits per heavy atom. The maximum Gasteiger partial charge on any atom is 0.237 e. The number of rotatable bonds is 3. The Bertz CT molecular complexity index is 393. The van der Waals surface area contributed by atoms with Gasteiger partial charge in [-0.05, 0) is 49.9 Å². The van der Waals surface area contributed by atoms with Crippen LogP contribution in [0.15, 0.2) is 24.5 Å². The van der Waals surface area contributed by atoms with Crippen LogP contribution in [-0.2, 0) is 4.79 Å². The third-order valence-electron chi connectivity index (χ3n) is 3.55. The molecule has 0 spiro atoms. The van der Waals surface area contributed by atoms with E-state index in [-0.39, 0.29) is 18.0 Å². The third-order valence-corrected chi connectivity index (χ3v) is 3.55. The molecular weight excluding hydrogens is 226 g/mol. The van der Waals surface area contributed by atoms with E-state index < -0.39 is 0 Å². The summed E-state index contributed by atoms with van der Waals surface area (Å²) in [7, 11) is 0. The Kier molecular flexibility index (Phi) is 4.31. The number of aromatic nitrogens is 1. The molecule has 0 radical (unpaired) electrons. The summed E-state index contributed by atoms with van der Waals surface area (Å²) in [6.07, 6.45) is 5.58. The van der Waals surface area contributed by atoms with Crippen molar-refractivity contribution in [1.29, 1.82) is 0 Å². The van der Waals surface area contributed by atoms with Crippen LogP contribution in [0.1, 0.15) is 38.3 Å². The summed E-state index contributed by atoms with van der Waals surface area (Å²) >= 11 is 0. The Morgan fingerprint density at radius 1 is 1.50 bits per heavy atom. The van der Waals surface area contributed by atoms with E-state index in [2.05, 4.69) is 22.5 Å². The van der Waals surface area contributed by atoms with Gasteiger partial charge in [0, 0.05) is 12.4 Å². The molecular formula is C14H21N3O. The molecule has 18 heavy (non-hydrogen) atoms. The molecule has 2 heterocycles. The summed E-state index contributed by atoms with van der Waals surface area (Å²) in [4.78, 5) is 16.1. The minimum Gasteiger partial charge on any atom is -0.348 e. The summed E-state index contributed by atoms with van der Waals surface area (Å²) in [5, 5.41) is 6.34. The molecule has 2 rings (SSSR count). The van der Waals surface area contributed by atoms with Crippen molar-refractivity contribution >= 4 is 5.91 Å². The van der Waals surface area contributed by atoms with Crippen molar-refractivity contribution in [3.8, 4) is 0 Å². The van der Waals surface area contributed by atoms with Crippen LogP contribution in [0, 0.1) is 5.92 Å². The van der Waals surface area contributed by atoms with Crippen LogP contribution in [0.3, 0.4) is 0 Å². The van der Waals surface area contributed by atoms with E-state index in [1.54, 1.807) is 12.4 Å². The normalized spacial score (nSPS) is 25.4. The zero-order valence-corrected chi connectivity index (χ0v) is 11.0. The zero-order valence-electron chi connectivity index (χ0n) is 11.0. The topological polar surface area (TPSA) is 54.0 Å². The number of nitrogens with one attached hydrogen (secondary N) is 2. The lowest BCUT2D eigenvalue weighted by Gasteiger charge is -2.28. The second-order valence-electron chi connectivity index (χ2n) is 5.15. The molecule has 98 valence electrons. The highest BCUT2D eigenvalue weighted by Crippen LogP contribution is 2.16. The number of hydrogen-bond acceptors (Lipinski definition) is 3. The fourth-order valence-corrected chi connectivity index (χ4v) is 2.36. The number of amides is 1. The molecule has 1 aliphatic heterocycles. The van der Waals surface area contributed by atoms with Gasteiger partial charge >= 0.3 is 0 Å². The molecule has 1 saturated heterocycles. The number of nitrogens with zero attached hydrogens (tertiary/aromatic N) is 1. The van der Waals surface area contributed by atoms with Gasteiger partial charge in [-0.15, -0.1) is 0 Å². The molecule has 0 saturated carbocycles. The van der Waals surface area contributed by atoms with Gasteiger partial charge < -0.3 is 10.6 Å². The third kappa shape index (κ3) is 3.29. The Labute approximate surface area is 108 Å². The van der Waals surface area contributed by atoms with E-state index in [0.29, 0.717) is 5.92 Å². The molecule has 2 N–H and O–H groups in total. The van der Waals surface area contributed by atoms with Gasteiger partial charge in [0.15, 0.2) is 0 Å². The first-order valence-corrected chi connectivity index (χ1v) is 6.60. The van der Waals surface area contributed by atoms with Gasteiger partial charge in [-0.25, -0.2) is 0 Å². The van der Waals surface area contributed by atoms with Crippen molar-refractivity contribution in [1.82, 2.24) is 15.6 Å². The van der Waals surface area contributed by atoms with E-state index in [1.165, 1.54) is 0 Å². The van der Waals surface area contributed by atoms with Crippen LogP contribution < -0.4 is 10.6 Å². The zero-order chi connectivity index (χ0) is 13.0. The summed E-state index contributed by atoms with van der Waals surface area (Å²) in [5.41, 5.74) is 1.09. The van der Waals surface area contributed by atoms with Crippen molar-refractivity contribution in [2.75, 3.05) is 6.54 Å². The van der Waals surface area contributed by atoms with Crippen molar-refractivity contribution in [2.45, 2.75) is 38.8 Å². The second kappa shape index (κ2) is 5.96. The first kappa shape index (κ1) is 13.0. The number of carbonyl (C=O) groups is 1. The van der Waals surface area contributed by atoms with Crippen molar-refractivity contribution in [3.63, 3.8) is 0 Å². The van der Waals surface area contributed by atoms with Crippen LogP contribution >= 0.6 is 0 Å². The lowest BCUT2D eigenvalue weighted by Crippen LogP contribution is -2.48. The first-order valence-electron chi connectivity index (χ1n) is 6.60. The Morgan fingerprint density at radius 2 is 2.22 bits per heavy atom. The van der Waals surface area contributed by atoms with Crippen LogP contribution in [0.5, 0.6) is 0 Å². The quantitative estimate of drug-likeness (QED) is 0.854. The molecule has 0 aliphatic carbocycles. The van der Waals surface area contributed by atoms with Crippen LogP contribution in [0.4, 0.5) is 0 Å². The van der Waals surface area contributed by atoms with Crippen LogP contribution in [0.25, 0.3) is 0 Å². The van der Waals surface area contributed by atoms with E-state index in [1.807, 2.05) is 19.1 Å². The molecule has 0 aromatic carbocycles. The van der Waals surface area contributed by atoms with Gasteiger partial charge in [0.1, 0.15) is 0 Å². The van der Waals surface area contributed by atoms with Gasteiger partial charge in [0.2, 0.25) is 5.91 Å². The molecule has 4 nitrogen and oxygen atoms in total. The van der Waals surface area contributed by atoms with Crippen molar-refractivity contribution in [2.24, 2.45) is 5.92 Å². The van der Waals surface area contributed by atoms with E-state index in [9.17, 15) is 4.79 Å². The molecule has 1 aromatic heterocycles. The molecule has 1 aliphatic rings. The predicted octanol–water partition coefficient (Wildman–Crippen LogP) is 1.65. The largest absolute Gasteiger partial charge is 0.348 e. The molecule has 3 atom stereocenters. The highest BCUT2D eigenvalue weighted by atomic mass is 16.2. The lowest BCUT2D eigenvalue weighted by atomic mass is 9.93. The Balaban J connectivity index is 1.91. The van der Waals surface area contributed by atoms with Gasteiger partial charge in [-0.3, -0.25) is 9.78 Å². The number of piperidine rings is 1. The van der Waals surface area contributed by atoms with Gasteiger partial charge in [-0.1, -0.05) is 6.92 Å². The summed E-state index contributed by atoms with van der Waals surface area (Å²) in [5.74, 6) is 0.726. The summed E-state index contributed by atoms with van der Waals surface area (Å²) < 4.78 is 0. The van der Waals surface area contributed by atoms with Crippen molar-refractivity contribution in [3.05, 3.63) is 30.1 Å². The SMILES string of the molecule is CC1CCNC(C(=O)NC(C)c2ccncc2)C1. The van der Waals surface area contributed by atoms with E-state index >= 15 is 0 Å². The number of carbonyl (C=O) groups excluding carboxylic acids is 1. The lowest BCUT2D eigenvalue weighted by molar-refractivity contribution is -0.124. The van der Waals surface area contributed by atoms with Crippen LogP contribution in [0.2, 0.25) is 0 Å². The first-order chi connectivity index (χ1) is 8.66. The molecule has 1 aromatic rings. The molecule has 4 heteroatoms. The summed E-state index contributed by atoms with van der Waals surface area (Å²) in [6, 6.07) is 3.85. The molecule has 1 amide bonds. The molecule has 0 bridgehead atoms. The molecule has 3 unspecified atom stereocenters.